The smallest absolute Gasteiger partial charge is 0.0662 e. The van der Waals surface area contributed by atoms with E-state index in [9.17, 15) is 0 Å². The maximum atomic E-state index is 5.53. The quantitative estimate of drug-likeness (QED) is 0.580. The number of ether oxygens (including phenoxy) is 3. The molecule has 0 aliphatic carbocycles. The lowest BCUT2D eigenvalue weighted by atomic mass is 10.2. The number of nitrogens with one attached hydrogen (secondary N) is 1. The van der Waals surface area contributed by atoms with Crippen LogP contribution >= 0.6 is 0 Å². The van der Waals surface area contributed by atoms with Crippen LogP contribution in [0.2, 0.25) is 0 Å². The molecule has 1 rings (SSSR count). The van der Waals surface area contributed by atoms with E-state index >= 15 is 0 Å². The Kier molecular flexibility index (Phi) is 9.23. The van der Waals surface area contributed by atoms with Gasteiger partial charge in [-0.25, -0.2) is 0 Å². The molecule has 20 heavy (non-hydrogen) atoms. The molecule has 1 N–H and O–H groups in total. The molecule has 1 aromatic heterocycles. The molecule has 116 valence electrons. The average molecular weight is 285 g/mol. The van der Waals surface area contributed by atoms with Crippen LogP contribution in [0.3, 0.4) is 0 Å². The van der Waals surface area contributed by atoms with Gasteiger partial charge in [0.1, 0.15) is 0 Å². The Bertz CT molecular complexity index is 355. The maximum Gasteiger partial charge on any atom is 0.0662 e. The Morgan fingerprint density at radius 2 is 1.95 bits per heavy atom. The summed E-state index contributed by atoms with van der Waals surface area (Å²) < 4.78 is 17.4. The average Bonchev–Trinajstić information content (AvgIpc) is 2.79. The summed E-state index contributed by atoms with van der Waals surface area (Å²) in [6, 6.07) is 0. The van der Waals surface area contributed by atoms with E-state index in [4.69, 9.17) is 14.2 Å². The van der Waals surface area contributed by atoms with Crippen LogP contribution in [0.25, 0.3) is 0 Å². The fourth-order valence-corrected chi connectivity index (χ4v) is 1.81. The summed E-state index contributed by atoms with van der Waals surface area (Å²) in [6.45, 7) is 7.38. The van der Waals surface area contributed by atoms with Gasteiger partial charge in [-0.1, -0.05) is 0 Å². The summed E-state index contributed by atoms with van der Waals surface area (Å²) in [5.74, 6) is 0. The highest BCUT2D eigenvalue weighted by Crippen LogP contribution is 2.05. The molecule has 0 unspecified atom stereocenters. The van der Waals surface area contributed by atoms with Gasteiger partial charge in [0.05, 0.1) is 25.5 Å². The largest absolute Gasteiger partial charge is 0.385 e. The van der Waals surface area contributed by atoms with Crippen LogP contribution in [-0.4, -0.2) is 57.0 Å². The minimum Gasteiger partial charge on any atom is -0.385 e. The number of hydrogen-bond acceptors (Lipinski definition) is 5. The van der Waals surface area contributed by atoms with Crippen LogP contribution in [0.5, 0.6) is 0 Å². The van der Waals surface area contributed by atoms with E-state index in [1.807, 2.05) is 11.6 Å². The number of aromatic nitrogens is 2. The number of methoxy groups -OCH3 is 2. The van der Waals surface area contributed by atoms with Crippen molar-refractivity contribution in [2.45, 2.75) is 26.4 Å². The molecule has 1 aromatic rings. The molecule has 0 aliphatic rings. The molecule has 0 saturated carbocycles. The number of nitrogens with zero attached hydrogens (tertiary/aromatic N) is 2. The summed E-state index contributed by atoms with van der Waals surface area (Å²) >= 11 is 0. The van der Waals surface area contributed by atoms with E-state index in [1.54, 1.807) is 14.2 Å². The SMILES string of the molecule is COCCCOCCn1cc(CNCCOC)c(C)n1. The fraction of sp³-hybridized carbons (Fsp3) is 0.786. The zero-order valence-electron chi connectivity index (χ0n) is 12.9. The lowest BCUT2D eigenvalue weighted by Gasteiger charge is -2.04. The predicted octanol–water partition coefficient (Wildman–Crippen LogP) is 0.981. The van der Waals surface area contributed by atoms with E-state index in [1.165, 1.54) is 5.56 Å². The molecule has 0 amide bonds. The summed E-state index contributed by atoms with van der Waals surface area (Å²) in [4.78, 5) is 0. The molecule has 0 fully saturated rings. The van der Waals surface area contributed by atoms with Crippen LogP contribution in [0.1, 0.15) is 17.7 Å². The van der Waals surface area contributed by atoms with Crippen molar-refractivity contribution in [3.63, 3.8) is 0 Å². The lowest BCUT2D eigenvalue weighted by molar-refractivity contribution is 0.0961. The number of aryl methyl sites for hydroxylation is 1. The molecule has 0 bridgehead atoms. The van der Waals surface area contributed by atoms with Crippen molar-refractivity contribution in [2.75, 3.05) is 47.2 Å². The van der Waals surface area contributed by atoms with E-state index < -0.39 is 0 Å². The highest BCUT2D eigenvalue weighted by Gasteiger charge is 2.04. The molecular weight excluding hydrogens is 258 g/mol. The molecular formula is C14H27N3O3. The van der Waals surface area contributed by atoms with Gasteiger partial charge < -0.3 is 19.5 Å². The fourth-order valence-electron chi connectivity index (χ4n) is 1.81. The minimum atomic E-state index is 0.682. The third-order valence-corrected chi connectivity index (χ3v) is 2.95. The van der Waals surface area contributed by atoms with Crippen LogP contribution < -0.4 is 5.32 Å². The predicted molar refractivity (Wildman–Crippen MR) is 77.9 cm³/mol. The Hall–Kier alpha value is -0.950. The van der Waals surface area contributed by atoms with E-state index in [0.29, 0.717) is 6.61 Å². The second-order valence-electron chi connectivity index (χ2n) is 4.63. The summed E-state index contributed by atoms with van der Waals surface area (Å²) in [5.41, 5.74) is 2.29. The molecule has 0 aromatic carbocycles. The molecule has 6 nitrogen and oxygen atoms in total. The van der Waals surface area contributed by atoms with Crippen LogP contribution in [0.4, 0.5) is 0 Å². The topological polar surface area (TPSA) is 57.5 Å². The van der Waals surface area contributed by atoms with Gasteiger partial charge in [-0.15, -0.1) is 0 Å². The summed E-state index contributed by atoms with van der Waals surface area (Å²) in [7, 11) is 3.41. The Morgan fingerprint density at radius 1 is 1.15 bits per heavy atom. The normalized spacial score (nSPS) is 11.2. The van der Waals surface area contributed by atoms with Crippen molar-refractivity contribution in [2.24, 2.45) is 0 Å². The second kappa shape index (κ2) is 10.8. The number of hydrogen-bond donors (Lipinski definition) is 1. The van der Waals surface area contributed by atoms with Crippen molar-refractivity contribution >= 4 is 0 Å². The molecule has 0 radical (unpaired) electrons. The van der Waals surface area contributed by atoms with Crippen molar-refractivity contribution in [3.8, 4) is 0 Å². The van der Waals surface area contributed by atoms with E-state index in [2.05, 4.69) is 16.6 Å². The molecule has 0 saturated heterocycles. The number of rotatable bonds is 12. The molecule has 0 spiro atoms. The zero-order valence-corrected chi connectivity index (χ0v) is 12.9. The van der Waals surface area contributed by atoms with E-state index in [-0.39, 0.29) is 0 Å². The molecule has 1 heterocycles. The Balaban J connectivity index is 2.19. The van der Waals surface area contributed by atoms with Gasteiger partial charge in [-0.05, 0) is 13.3 Å². The van der Waals surface area contributed by atoms with Gasteiger partial charge in [0.2, 0.25) is 0 Å². The lowest BCUT2D eigenvalue weighted by Crippen LogP contribution is -2.18. The van der Waals surface area contributed by atoms with Crippen molar-refractivity contribution in [3.05, 3.63) is 17.5 Å². The van der Waals surface area contributed by atoms with Crippen LogP contribution in [-0.2, 0) is 27.3 Å². The molecule has 6 heteroatoms. The highest BCUT2D eigenvalue weighted by molar-refractivity contribution is 5.14. The first-order valence-electron chi connectivity index (χ1n) is 7.07. The van der Waals surface area contributed by atoms with Crippen LogP contribution in [0, 0.1) is 6.92 Å². The second-order valence-corrected chi connectivity index (χ2v) is 4.63. The summed E-state index contributed by atoms with van der Waals surface area (Å²) in [6.07, 6.45) is 3.01. The van der Waals surface area contributed by atoms with E-state index in [0.717, 1.165) is 51.6 Å². The van der Waals surface area contributed by atoms with Gasteiger partial charge in [-0.2, -0.15) is 5.10 Å². The molecule has 0 aliphatic heterocycles. The third-order valence-electron chi connectivity index (χ3n) is 2.95. The highest BCUT2D eigenvalue weighted by atomic mass is 16.5. The first kappa shape index (κ1) is 17.1. The van der Waals surface area contributed by atoms with Gasteiger partial charge in [0, 0.05) is 52.3 Å². The van der Waals surface area contributed by atoms with Crippen molar-refractivity contribution in [1.29, 1.82) is 0 Å². The van der Waals surface area contributed by atoms with Gasteiger partial charge in [-0.3, -0.25) is 4.68 Å². The monoisotopic (exact) mass is 285 g/mol. The first-order valence-corrected chi connectivity index (χ1v) is 7.07. The van der Waals surface area contributed by atoms with Crippen molar-refractivity contribution in [1.82, 2.24) is 15.1 Å². The molecule has 0 atom stereocenters. The summed E-state index contributed by atoms with van der Waals surface area (Å²) in [5, 5.41) is 7.81. The Morgan fingerprint density at radius 3 is 2.70 bits per heavy atom. The Labute approximate surface area is 121 Å². The van der Waals surface area contributed by atoms with Crippen LogP contribution in [0.15, 0.2) is 6.20 Å². The third kappa shape index (κ3) is 7.00. The van der Waals surface area contributed by atoms with Crippen molar-refractivity contribution < 1.29 is 14.2 Å². The first-order chi connectivity index (χ1) is 9.77. The van der Waals surface area contributed by atoms with Gasteiger partial charge in [0.25, 0.3) is 0 Å². The maximum absolute atomic E-state index is 5.53. The zero-order chi connectivity index (χ0) is 14.6. The van der Waals surface area contributed by atoms with Gasteiger partial charge >= 0.3 is 0 Å². The van der Waals surface area contributed by atoms with Gasteiger partial charge in [0.15, 0.2) is 0 Å². The standard InChI is InChI=1S/C14H27N3O3/c1-13-14(11-15-5-9-19-3)12-17(16-13)6-10-20-8-4-7-18-2/h12,15H,4-11H2,1-3H3. The minimum absolute atomic E-state index is 0.682.